The fourth-order valence-corrected chi connectivity index (χ4v) is 3.07. The van der Waals surface area contributed by atoms with E-state index in [0.29, 0.717) is 28.1 Å². The number of benzene rings is 3. The van der Waals surface area contributed by atoms with Gasteiger partial charge in [-0.05, 0) is 61.4 Å². The Kier molecular flexibility index (Phi) is 4.02. The second-order valence-corrected chi connectivity index (χ2v) is 6.62. The molecule has 0 aliphatic rings. The molecular formula is C22H16F3NO. The number of aryl methyl sites for hydroxylation is 2. The van der Waals surface area contributed by atoms with Crippen LogP contribution in [0.4, 0.5) is 13.2 Å². The lowest BCUT2D eigenvalue weighted by molar-refractivity contribution is -0.137. The summed E-state index contributed by atoms with van der Waals surface area (Å²) in [6.07, 6.45) is -4.40. The first-order chi connectivity index (χ1) is 12.8. The van der Waals surface area contributed by atoms with Crippen molar-refractivity contribution >= 4 is 11.1 Å². The fraction of sp³-hybridized carbons (Fsp3) is 0.136. The Morgan fingerprint density at radius 1 is 0.815 bits per heavy atom. The summed E-state index contributed by atoms with van der Waals surface area (Å²) in [6, 6.07) is 16.7. The first kappa shape index (κ1) is 17.3. The molecule has 0 fully saturated rings. The molecule has 0 bridgehead atoms. The molecular weight excluding hydrogens is 351 g/mol. The van der Waals surface area contributed by atoms with Crippen LogP contribution in [0.1, 0.15) is 16.7 Å². The maximum atomic E-state index is 13.1. The molecule has 0 unspecified atom stereocenters. The highest BCUT2D eigenvalue weighted by Crippen LogP contribution is 2.36. The van der Waals surface area contributed by atoms with Gasteiger partial charge in [-0.1, -0.05) is 29.8 Å². The van der Waals surface area contributed by atoms with Crippen molar-refractivity contribution < 1.29 is 17.6 Å². The van der Waals surface area contributed by atoms with Crippen molar-refractivity contribution in [3.8, 4) is 22.6 Å². The smallest absolute Gasteiger partial charge is 0.416 e. The first-order valence-electron chi connectivity index (χ1n) is 8.47. The summed E-state index contributed by atoms with van der Waals surface area (Å²) in [5.74, 6) is 0.448. The molecule has 1 heterocycles. The van der Waals surface area contributed by atoms with E-state index < -0.39 is 11.7 Å². The average molecular weight is 367 g/mol. The molecule has 3 aromatic carbocycles. The third kappa shape index (κ3) is 3.33. The molecule has 0 amide bonds. The number of alkyl halides is 3. The number of halogens is 3. The van der Waals surface area contributed by atoms with Crippen LogP contribution < -0.4 is 0 Å². The van der Waals surface area contributed by atoms with E-state index in [9.17, 15) is 13.2 Å². The van der Waals surface area contributed by atoms with Crippen LogP contribution in [-0.2, 0) is 6.18 Å². The van der Waals surface area contributed by atoms with Gasteiger partial charge in [0.2, 0.25) is 5.89 Å². The monoisotopic (exact) mass is 367 g/mol. The summed E-state index contributed by atoms with van der Waals surface area (Å²) >= 11 is 0. The molecule has 4 rings (SSSR count). The van der Waals surface area contributed by atoms with Gasteiger partial charge in [-0.2, -0.15) is 13.2 Å². The number of hydrogen-bond acceptors (Lipinski definition) is 2. The minimum absolute atomic E-state index is 0.448. The SMILES string of the molecule is Cc1ccc(-c2nc3cc(C)cc(-c4cccc(C(F)(F)F)c4)c3o2)cc1. The average Bonchev–Trinajstić information content (AvgIpc) is 3.05. The predicted octanol–water partition coefficient (Wildman–Crippen LogP) is 6.80. The van der Waals surface area contributed by atoms with E-state index in [-0.39, 0.29) is 0 Å². The maximum absolute atomic E-state index is 13.1. The van der Waals surface area contributed by atoms with Gasteiger partial charge < -0.3 is 4.42 Å². The molecule has 0 saturated heterocycles. The van der Waals surface area contributed by atoms with Gasteiger partial charge in [0.15, 0.2) is 5.58 Å². The van der Waals surface area contributed by atoms with E-state index in [1.807, 2.05) is 50.2 Å². The maximum Gasteiger partial charge on any atom is 0.416 e. The van der Waals surface area contributed by atoms with E-state index in [2.05, 4.69) is 4.98 Å². The summed E-state index contributed by atoms with van der Waals surface area (Å²) < 4.78 is 45.3. The van der Waals surface area contributed by atoms with E-state index in [4.69, 9.17) is 4.42 Å². The van der Waals surface area contributed by atoms with Crippen molar-refractivity contribution in [3.05, 3.63) is 77.4 Å². The van der Waals surface area contributed by atoms with Crippen LogP contribution in [0.15, 0.2) is 65.1 Å². The highest BCUT2D eigenvalue weighted by molar-refractivity contribution is 5.92. The van der Waals surface area contributed by atoms with Gasteiger partial charge in [0.1, 0.15) is 5.52 Å². The summed E-state index contributed by atoms with van der Waals surface area (Å²) in [4.78, 5) is 4.54. The Bertz CT molecular complexity index is 1120. The van der Waals surface area contributed by atoms with Crippen LogP contribution in [0, 0.1) is 13.8 Å². The number of aromatic nitrogens is 1. The summed E-state index contributed by atoms with van der Waals surface area (Å²) in [5.41, 5.74) is 4.31. The van der Waals surface area contributed by atoms with Crippen LogP contribution in [0.25, 0.3) is 33.7 Å². The molecule has 136 valence electrons. The predicted molar refractivity (Wildman–Crippen MR) is 99.4 cm³/mol. The largest absolute Gasteiger partial charge is 0.435 e. The lowest BCUT2D eigenvalue weighted by atomic mass is 10.00. The molecule has 0 aliphatic carbocycles. The molecule has 0 spiro atoms. The minimum atomic E-state index is -4.40. The van der Waals surface area contributed by atoms with Crippen molar-refractivity contribution in [1.82, 2.24) is 4.98 Å². The number of nitrogens with zero attached hydrogens (tertiary/aromatic N) is 1. The normalized spacial score (nSPS) is 11.9. The molecule has 0 saturated carbocycles. The van der Waals surface area contributed by atoms with E-state index >= 15 is 0 Å². The second kappa shape index (κ2) is 6.27. The quantitative estimate of drug-likeness (QED) is 0.389. The molecule has 4 aromatic rings. The number of oxazole rings is 1. The topological polar surface area (TPSA) is 26.0 Å². The Labute approximate surface area is 154 Å². The molecule has 27 heavy (non-hydrogen) atoms. The van der Waals surface area contributed by atoms with E-state index in [1.54, 1.807) is 6.07 Å². The van der Waals surface area contributed by atoms with Gasteiger partial charge in [-0.3, -0.25) is 0 Å². The Morgan fingerprint density at radius 3 is 2.26 bits per heavy atom. The molecule has 2 nitrogen and oxygen atoms in total. The van der Waals surface area contributed by atoms with Crippen molar-refractivity contribution in [2.45, 2.75) is 20.0 Å². The Morgan fingerprint density at radius 2 is 1.56 bits per heavy atom. The minimum Gasteiger partial charge on any atom is -0.435 e. The lowest BCUT2D eigenvalue weighted by Crippen LogP contribution is -2.04. The fourth-order valence-electron chi connectivity index (χ4n) is 3.07. The highest BCUT2D eigenvalue weighted by atomic mass is 19.4. The molecule has 0 atom stereocenters. The molecule has 0 aliphatic heterocycles. The van der Waals surface area contributed by atoms with E-state index in [0.717, 1.165) is 28.8 Å². The van der Waals surface area contributed by atoms with Crippen molar-refractivity contribution in [1.29, 1.82) is 0 Å². The van der Waals surface area contributed by atoms with Gasteiger partial charge >= 0.3 is 6.18 Å². The molecule has 0 radical (unpaired) electrons. The van der Waals surface area contributed by atoms with Gasteiger partial charge in [0.05, 0.1) is 5.56 Å². The Balaban J connectivity index is 1.90. The van der Waals surface area contributed by atoms with Crippen molar-refractivity contribution in [2.24, 2.45) is 0 Å². The molecule has 5 heteroatoms. The van der Waals surface area contributed by atoms with E-state index in [1.165, 1.54) is 6.07 Å². The van der Waals surface area contributed by atoms with Crippen LogP contribution in [-0.4, -0.2) is 4.98 Å². The number of fused-ring (bicyclic) bond motifs is 1. The van der Waals surface area contributed by atoms with Gasteiger partial charge in [-0.15, -0.1) is 0 Å². The number of hydrogen-bond donors (Lipinski definition) is 0. The zero-order valence-corrected chi connectivity index (χ0v) is 14.8. The third-order valence-electron chi connectivity index (χ3n) is 4.43. The second-order valence-electron chi connectivity index (χ2n) is 6.62. The van der Waals surface area contributed by atoms with Crippen molar-refractivity contribution in [3.63, 3.8) is 0 Å². The summed E-state index contributed by atoms with van der Waals surface area (Å²) in [5, 5.41) is 0. The van der Waals surface area contributed by atoms with Gasteiger partial charge in [0.25, 0.3) is 0 Å². The van der Waals surface area contributed by atoms with Crippen LogP contribution >= 0.6 is 0 Å². The standard InChI is InChI=1S/C22H16F3NO/c1-13-6-8-15(9-7-13)21-26-19-11-14(2)10-18(20(19)27-21)16-4-3-5-17(12-16)22(23,24)25/h3-12H,1-2H3. The molecule has 0 N–H and O–H groups in total. The lowest BCUT2D eigenvalue weighted by Gasteiger charge is -2.09. The van der Waals surface area contributed by atoms with Crippen LogP contribution in [0.2, 0.25) is 0 Å². The van der Waals surface area contributed by atoms with Crippen LogP contribution in [0.3, 0.4) is 0 Å². The zero-order valence-electron chi connectivity index (χ0n) is 14.8. The van der Waals surface area contributed by atoms with Gasteiger partial charge in [0, 0.05) is 11.1 Å². The highest BCUT2D eigenvalue weighted by Gasteiger charge is 2.30. The first-order valence-corrected chi connectivity index (χ1v) is 8.47. The van der Waals surface area contributed by atoms with Crippen LogP contribution in [0.5, 0.6) is 0 Å². The zero-order chi connectivity index (χ0) is 19.2. The van der Waals surface area contributed by atoms with Crippen molar-refractivity contribution in [2.75, 3.05) is 0 Å². The summed E-state index contributed by atoms with van der Waals surface area (Å²) in [7, 11) is 0. The number of rotatable bonds is 2. The third-order valence-corrected chi connectivity index (χ3v) is 4.43. The Hall–Kier alpha value is -3.08. The molecule has 1 aromatic heterocycles. The van der Waals surface area contributed by atoms with Gasteiger partial charge in [-0.25, -0.2) is 4.98 Å². The summed E-state index contributed by atoms with van der Waals surface area (Å²) in [6.45, 7) is 3.88.